The van der Waals surface area contributed by atoms with Crippen molar-refractivity contribution in [2.75, 3.05) is 0 Å². The molecule has 1 aromatic carbocycles. The Hall–Kier alpha value is -1.46. The summed E-state index contributed by atoms with van der Waals surface area (Å²) in [5.41, 5.74) is 6.23. The third-order valence-corrected chi connectivity index (χ3v) is 2.40. The normalized spacial score (nSPS) is 10.1. The number of ether oxygens (including phenoxy) is 1. The van der Waals surface area contributed by atoms with E-state index in [1.54, 1.807) is 12.3 Å². The lowest BCUT2D eigenvalue weighted by Crippen LogP contribution is -2.01. The molecular formula is C11H10BrN3O. The zero-order valence-electron chi connectivity index (χ0n) is 8.43. The molecule has 2 rings (SSSR count). The Morgan fingerprint density at radius 1 is 1.31 bits per heavy atom. The zero-order chi connectivity index (χ0) is 11.4. The molecule has 2 N–H and O–H groups in total. The molecule has 16 heavy (non-hydrogen) atoms. The first-order valence-electron chi connectivity index (χ1n) is 4.73. The molecule has 0 bridgehead atoms. The highest BCUT2D eigenvalue weighted by atomic mass is 79.9. The number of rotatable bonds is 3. The molecule has 0 atom stereocenters. The van der Waals surface area contributed by atoms with Gasteiger partial charge in [-0.3, -0.25) is 0 Å². The van der Waals surface area contributed by atoms with E-state index in [1.807, 2.05) is 24.3 Å². The Kier molecular flexibility index (Phi) is 3.48. The summed E-state index contributed by atoms with van der Waals surface area (Å²) < 4.78 is 6.44. The monoisotopic (exact) mass is 279 g/mol. The van der Waals surface area contributed by atoms with Gasteiger partial charge in [-0.05, 0) is 24.3 Å². The minimum Gasteiger partial charge on any atom is -0.424 e. The smallest absolute Gasteiger partial charge is 0.322 e. The van der Waals surface area contributed by atoms with Crippen LogP contribution in [0.2, 0.25) is 0 Å². The highest BCUT2D eigenvalue weighted by Crippen LogP contribution is 2.21. The maximum absolute atomic E-state index is 5.49. The van der Waals surface area contributed by atoms with Gasteiger partial charge < -0.3 is 10.5 Å². The second-order valence-corrected chi connectivity index (χ2v) is 4.01. The van der Waals surface area contributed by atoms with Gasteiger partial charge in [-0.1, -0.05) is 22.0 Å². The first-order chi connectivity index (χ1) is 7.78. The molecule has 1 aromatic heterocycles. The minimum atomic E-state index is 0.307. The SMILES string of the molecule is NCc1ccnc(Oc2cccc(Br)c2)n1. The van der Waals surface area contributed by atoms with Gasteiger partial charge in [-0.15, -0.1) is 0 Å². The fourth-order valence-electron chi connectivity index (χ4n) is 1.17. The van der Waals surface area contributed by atoms with E-state index in [0.29, 0.717) is 18.3 Å². The van der Waals surface area contributed by atoms with E-state index in [1.165, 1.54) is 0 Å². The Morgan fingerprint density at radius 3 is 2.94 bits per heavy atom. The number of halogens is 1. The molecule has 4 nitrogen and oxygen atoms in total. The van der Waals surface area contributed by atoms with Crippen molar-refractivity contribution in [2.24, 2.45) is 5.73 Å². The molecule has 0 fully saturated rings. The Balaban J connectivity index is 2.20. The lowest BCUT2D eigenvalue weighted by molar-refractivity contribution is 0.439. The number of nitrogens with two attached hydrogens (primary N) is 1. The van der Waals surface area contributed by atoms with Gasteiger partial charge >= 0.3 is 6.01 Å². The summed E-state index contributed by atoms with van der Waals surface area (Å²) in [6, 6.07) is 9.55. The molecular weight excluding hydrogens is 270 g/mol. The van der Waals surface area contributed by atoms with Crippen molar-refractivity contribution in [1.82, 2.24) is 9.97 Å². The molecule has 0 saturated carbocycles. The highest BCUT2D eigenvalue weighted by Gasteiger charge is 2.01. The van der Waals surface area contributed by atoms with Crippen LogP contribution in [0.3, 0.4) is 0 Å². The fraction of sp³-hybridized carbons (Fsp3) is 0.0909. The molecule has 0 amide bonds. The van der Waals surface area contributed by atoms with E-state index < -0.39 is 0 Å². The summed E-state index contributed by atoms with van der Waals surface area (Å²) in [5.74, 6) is 0.684. The molecule has 0 radical (unpaired) electrons. The lowest BCUT2D eigenvalue weighted by atomic mass is 10.3. The molecule has 0 aliphatic rings. The predicted molar refractivity (Wildman–Crippen MR) is 64.1 cm³/mol. The first kappa shape index (κ1) is 11.0. The fourth-order valence-corrected chi connectivity index (χ4v) is 1.55. The summed E-state index contributed by atoms with van der Waals surface area (Å²) >= 11 is 3.36. The summed E-state index contributed by atoms with van der Waals surface area (Å²) in [5, 5.41) is 0. The quantitative estimate of drug-likeness (QED) is 0.938. The van der Waals surface area contributed by atoms with E-state index in [-0.39, 0.29) is 0 Å². The molecule has 5 heteroatoms. The number of benzene rings is 1. The number of nitrogens with zero attached hydrogens (tertiary/aromatic N) is 2. The lowest BCUT2D eigenvalue weighted by Gasteiger charge is -2.04. The first-order valence-corrected chi connectivity index (χ1v) is 5.52. The molecule has 2 aromatic rings. The molecule has 0 aliphatic heterocycles. The van der Waals surface area contributed by atoms with Crippen LogP contribution in [0, 0.1) is 0 Å². The van der Waals surface area contributed by atoms with Gasteiger partial charge in [0.25, 0.3) is 0 Å². The second kappa shape index (κ2) is 5.05. The van der Waals surface area contributed by atoms with Crippen molar-refractivity contribution in [3.8, 4) is 11.8 Å². The zero-order valence-corrected chi connectivity index (χ0v) is 10.0. The van der Waals surface area contributed by atoms with Crippen LogP contribution in [0.15, 0.2) is 41.0 Å². The Morgan fingerprint density at radius 2 is 2.19 bits per heavy atom. The maximum Gasteiger partial charge on any atom is 0.322 e. The van der Waals surface area contributed by atoms with Crippen LogP contribution in [-0.2, 0) is 6.54 Å². The molecule has 0 spiro atoms. The van der Waals surface area contributed by atoms with Crippen LogP contribution in [0.1, 0.15) is 5.69 Å². The van der Waals surface area contributed by atoms with Crippen molar-refractivity contribution >= 4 is 15.9 Å². The van der Waals surface area contributed by atoms with E-state index in [2.05, 4.69) is 25.9 Å². The van der Waals surface area contributed by atoms with Crippen LogP contribution in [0.25, 0.3) is 0 Å². The van der Waals surface area contributed by atoms with Crippen LogP contribution < -0.4 is 10.5 Å². The minimum absolute atomic E-state index is 0.307. The Bertz CT molecular complexity index is 490. The van der Waals surface area contributed by atoms with E-state index in [4.69, 9.17) is 10.5 Å². The molecule has 0 saturated heterocycles. The third-order valence-electron chi connectivity index (χ3n) is 1.91. The summed E-state index contributed by atoms with van der Waals surface area (Å²) in [6.45, 7) is 0.372. The van der Waals surface area contributed by atoms with Gasteiger partial charge in [0.05, 0.1) is 5.69 Å². The van der Waals surface area contributed by atoms with Crippen LogP contribution >= 0.6 is 15.9 Å². The van der Waals surface area contributed by atoms with Gasteiger partial charge in [-0.25, -0.2) is 4.98 Å². The van der Waals surface area contributed by atoms with Crippen molar-refractivity contribution in [3.05, 3.63) is 46.7 Å². The van der Waals surface area contributed by atoms with Crippen LogP contribution in [0.5, 0.6) is 11.8 Å². The second-order valence-electron chi connectivity index (χ2n) is 3.09. The average molecular weight is 280 g/mol. The Labute approximate surface area is 102 Å². The molecule has 0 unspecified atom stereocenters. The van der Waals surface area contributed by atoms with Gasteiger partial charge in [-0.2, -0.15) is 4.98 Å². The molecule has 1 heterocycles. The predicted octanol–water partition coefficient (Wildman–Crippen LogP) is 2.49. The van der Waals surface area contributed by atoms with E-state index in [0.717, 1.165) is 10.2 Å². The largest absolute Gasteiger partial charge is 0.424 e. The van der Waals surface area contributed by atoms with Gasteiger partial charge in [0, 0.05) is 17.2 Å². The van der Waals surface area contributed by atoms with E-state index in [9.17, 15) is 0 Å². The molecule has 82 valence electrons. The van der Waals surface area contributed by atoms with Crippen molar-refractivity contribution in [2.45, 2.75) is 6.54 Å². The topological polar surface area (TPSA) is 61.0 Å². The standard InChI is InChI=1S/C11H10BrN3O/c12-8-2-1-3-10(6-8)16-11-14-5-4-9(7-13)15-11/h1-6H,7,13H2. The average Bonchev–Trinajstić information content (AvgIpc) is 2.29. The third kappa shape index (κ3) is 2.77. The summed E-state index contributed by atoms with van der Waals surface area (Å²) in [4.78, 5) is 8.15. The van der Waals surface area contributed by atoms with Crippen LogP contribution in [0.4, 0.5) is 0 Å². The van der Waals surface area contributed by atoms with Gasteiger partial charge in [0.1, 0.15) is 5.75 Å². The van der Waals surface area contributed by atoms with Gasteiger partial charge in [0.15, 0.2) is 0 Å². The summed E-state index contributed by atoms with van der Waals surface area (Å²) in [6.07, 6.45) is 1.63. The number of hydrogen-bond acceptors (Lipinski definition) is 4. The highest BCUT2D eigenvalue weighted by molar-refractivity contribution is 9.10. The maximum atomic E-state index is 5.49. The number of hydrogen-bond donors (Lipinski definition) is 1. The van der Waals surface area contributed by atoms with Crippen molar-refractivity contribution in [1.29, 1.82) is 0 Å². The van der Waals surface area contributed by atoms with E-state index >= 15 is 0 Å². The van der Waals surface area contributed by atoms with Crippen molar-refractivity contribution in [3.63, 3.8) is 0 Å². The van der Waals surface area contributed by atoms with Crippen molar-refractivity contribution < 1.29 is 4.74 Å². The summed E-state index contributed by atoms with van der Waals surface area (Å²) in [7, 11) is 0. The number of aromatic nitrogens is 2. The van der Waals surface area contributed by atoms with Crippen LogP contribution in [-0.4, -0.2) is 9.97 Å². The molecule has 0 aliphatic carbocycles. The van der Waals surface area contributed by atoms with Gasteiger partial charge in [0.2, 0.25) is 0 Å².